The van der Waals surface area contributed by atoms with E-state index in [1.54, 1.807) is 29.7 Å². The summed E-state index contributed by atoms with van der Waals surface area (Å²) in [6.45, 7) is 10.2. The summed E-state index contributed by atoms with van der Waals surface area (Å²) in [5.74, 6) is 0.829. The minimum atomic E-state index is 0.0861. The molecule has 0 spiro atoms. The Labute approximate surface area is 140 Å². The van der Waals surface area contributed by atoms with Crippen LogP contribution < -0.4 is 10.6 Å². The third-order valence-electron chi connectivity index (χ3n) is 3.53. The van der Waals surface area contributed by atoms with Crippen LogP contribution in [0.4, 0.5) is 0 Å². The minimum Gasteiger partial charge on any atom is -0.356 e. The molecule has 2 N–H and O–H groups in total. The summed E-state index contributed by atoms with van der Waals surface area (Å²) in [7, 11) is 1.80. The number of aliphatic imine (C=N–C) groups is 1. The highest BCUT2D eigenvalue weighted by Gasteiger charge is 2.21. The monoisotopic (exact) mass is 336 g/mol. The molecule has 2 aromatic heterocycles. The molecule has 0 aromatic carbocycles. The molecule has 120 valence electrons. The third kappa shape index (κ3) is 4.30. The van der Waals surface area contributed by atoms with Gasteiger partial charge in [0.05, 0.1) is 17.2 Å². The lowest BCUT2D eigenvalue weighted by Crippen LogP contribution is -2.42. The molecule has 2 heterocycles. The first kappa shape index (κ1) is 17.0. The van der Waals surface area contributed by atoms with E-state index in [1.165, 1.54) is 9.75 Å². The smallest absolute Gasteiger partial charge is 0.191 e. The van der Waals surface area contributed by atoms with Crippen LogP contribution in [0.1, 0.15) is 34.3 Å². The quantitative estimate of drug-likeness (QED) is 0.649. The summed E-state index contributed by atoms with van der Waals surface area (Å²) < 4.78 is 0. The van der Waals surface area contributed by atoms with Crippen molar-refractivity contribution in [3.05, 3.63) is 38.0 Å². The van der Waals surface area contributed by atoms with E-state index >= 15 is 0 Å². The number of rotatable bonds is 5. The van der Waals surface area contributed by atoms with Crippen LogP contribution in [0, 0.1) is 13.8 Å². The molecule has 2 aromatic rings. The maximum atomic E-state index is 4.45. The third-order valence-corrected chi connectivity index (χ3v) is 5.83. The number of aryl methyl sites for hydroxylation is 2. The Morgan fingerprint density at radius 3 is 2.64 bits per heavy atom. The zero-order valence-corrected chi connectivity index (χ0v) is 15.5. The number of thiophene rings is 1. The maximum absolute atomic E-state index is 4.45. The second-order valence-corrected chi connectivity index (χ2v) is 8.12. The molecule has 0 radical (unpaired) electrons. The molecule has 0 bridgehead atoms. The van der Waals surface area contributed by atoms with E-state index in [0.717, 1.165) is 29.8 Å². The van der Waals surface area contributed by atoms with E-state index in [0.29, 0.717) is 0 Å². The molecule has 0 atom stereocenters. The highest BCUT2D eigenvalue weighted by molar-refractivity contribution is 7.11. The van der Waals surface area contributed by atoms with Gasteiger partial charge < -0.3 is 10.6 Å². The first-order valence-corrected chi connectivity index (χ1v) is 9.03. The van der Waals surface area contributed by atoms with Crippen LogP contribution in [-0.2, 0) is 12.0 Å². The van der Waals surface area contributed by atoms with Crippen LogP contribution in [0.5, 0.6) is 0 Å². The van der Waals surface area contributed by atoms with Gasteiger partial charge in [0, 0.05) is 28.8 Å². The van der Waals surface area contributed by atoms with Gasteiger partial charge in [0.25, 0.3) is 0 Å². The first-order valence-electron chi connectivity index (χ1n) is 7.34. The first-order chi connectivity index (χ1) is 10.4. The molecule has 0 fully saturated rings. The second kappa shape index (κ2) is 7.24. The molecule has 0 saturated heterocycles. The molecule has 4 nitrogen and oxygen atoms in total. The molecule has 6 heteroatoms. The number of hydrogen-bond acceptors (Lipinski definition) is 4. The van der Waals surface area contributed by atoms with Crippen LogP contribution in [0.15, 0.2) is 22.5 Å². The summed E-state index contributed by atoms with van der Waals surface area (Å²) in [6, 6.07) is 4.29. The van der Waals surface area contributed by atoms with Crippen molar-refractivity contribution in [3.63, 3.8) is 0 Å². The van der Waals surface area contributed by atoms with Gasteiger partial charge in [-0.15, -0.1) is 22.7 Å². The zero-order chi connectivity index (χ0) is 16.2. The molecular formula is C16H24N4S2. The molecule has 22 heavy (non-hydrogen) atoms. The van der Waals surface area contributed by atoms with E-state index in [1.807, 2.05) is 6.92 Å². The van der Waals surface area contributed by atoms with Crippen molar-refractivity contribution in [1.82, 2.24) is 15.6 Å². The van der Waals surface area contributed by atoms with Gasteiger partial charge in [0.1, 0.15) is 0 Å². The van der Waals surface area contributed by atoms with Gasteiger partial charge in [-0.2, -0.15) is 0 Å². The summed E-state index contributed by atoms with van der Waals surface area (Å²) in [5.41, 5.74) is 1.19. The standard InChI is InChI=1S/C16H24N4S2/c1-11-13(22-12(2)20-11)9-18-15(17-5)19-10-16(3,4)14-7-6-8-21-14/h6-8H,9-10H2,1-5H3,(H2,17,18,19). The predicted molar refractivity (Wildman–Crippen MR) is 97.1 cm³/mol. The van der Waals surface area contributed by atoms with E-state index in [-0.39, 0.29) is 5.41 Å². The van der Waals surface area contributed by atoms with Crippen LogP contribution >= 0.6 is 22.7 Å². The molecule has 0 aliphatic carbocycles. The topological polar surface area (TPSA) is 49.3 Å². The number of nitrogens with zero attached hydrogens (tertiary/aromatic N) is 2. The Morgan fingerprint density at radius 2 is 2.09 bits per heavy atom. The Balaban J connectivity index is 1.89. The average Bonchev–Trinajstić information content (AvgIpc) is 3.09. The highest BCUT2D eigenvalue weighted by Crippen LogP contribution is 2.26. The molecule has 0 unspecified atom stereocenters. The van der Waals surface area contributed by atoms with Gasteiger partial charge in [-0.1, -0.05) is 19.9 Å². The Kier molecular flexibility index (Phi) is 5.58. The normalized spacial score (nSPS) is 12.5. The zero-order valence-electron chi connectivity index (χ0n) is 13.9. The van der Waals surface area contributed by atoms with Gasteiger partial charge in [0.15, 0.2) is 5.96 Å². The van der Waals surface area contributed by atoms with Gasteiger partial charge in [-0.25, -0.2) is 4.98 Å². The Bertz CT molecular complexity index is 627. The summed E-state index contributed by atoms with van der Waals surface area (Å²) >= 11 is 3.53. The summed E-state index contributed by atoms with van der Waals surface area (Å²) in [6.07, 6.45) is 0. The maximum Gasteiger partial charge on any atom is 0.191 e. The van der Waals surface area contributed by atoms with Crippen molar-refractivity contribution in [1.29, 1.82) is 0 Å². The molecular weight excluding hydrogens is 312 g/mol. The molecule has 0 aliphatic rings. The molecule has 2 rings (SSSR count). The average molecular weight is 337 g/mol. The number of nitrogens with one attached hydrogen (secondary N) is 2. The van der Waals surface area contributed by atoms with Gasteiger partial charge >= 0.3 is 0 Å². The van der Waals surface area contributed by atoms with Crippen molar-refractivity contribution in [2.24, 2.45) is 4.99 Å². The van der Waals surface area contributed by atoms with Crippen LogP contribution in [0.3, 0.4) is 0 Å². The number of guanidine groups is 1. The number of hydrogen-bond donors (Lipinski definition) is 2. The van der Waals surface area contributed by atoms with E-state index < -0.39 is 0 Å². The van der Waals surface area contributed by atoms with Crippen molar-refractivity contribution < 1.29 is 0 Å². The fraction of sp³-hybridized carbons (Fsp3) is 0.500. The molecule has 0 saturated carbocycles. The fourth-order valence-corrected chi connectivity index (χ4v) is 3.91. The lowest BCUT2D eigenvalue weighted by atomic mass is 9.91. The largest absolute Gasteiger partial charge is 0.356 e. The number of aromatic nitrogens is 1. The molecule has 0 aliphatic heterocycles. The van der Waals surface area contributed by atoms with E-state index in [4.69, 9.17) is 0 Å². The Hall–Kier alpha value is -1.40. The molecule has 0 amide bonds. The minimum absolute atomic E-state index is 0.0861. The van der Waals surface area contributed by atoms with Gasteiger partial charge in [0.2, 0.25) is 0 Å². The van der Waals surface area contributed by atoms with Gasteiger partial charge in [-0.3, -0.25) is 4.99 Å². The SMILES string of the molecule is CN=C(NCc1sc(C)nc1C)NCC(C)(C)c1cccs1. The lowest BCUT2D eigenvalue weighted by molar-refractivity contribution is 0.518. The van der Waals surface area contributed by atoms with Crippen molar-refractivity contribution in [3.8, 4) is 0 Å². The summed E-state index contributed by atoms with van der Waals surface area (Å²) in [4.78, 5) is 11.4. The van der Waals surface area contributed by atoms with Crippen molar-refractivity contribution in [2.75, 3.05) is 13.6 Å². The van der Waals surface area contributed by atoms with E-state index in [9.17, 15) is 0 Å². The van der Waals surface area contributed by atoms with Crippen LogP contribution in [0.2, 0.25) is 0 Å². The van der Waals surface area contributed by atoms with Crippen LogP contribution in [-0.4, -0.2) is 24.5 Å². The summed E-state index contributed by atoms with van der Waals surface area (Å²) in [5, 5.41) is 10.0. The van der Waals surface area contributed by atoms with Gasteiger partial charge in [-0.05, 0) is 25.3 Å². The van der Waals surface area contributed by atoms with Crippen molar-refractivity contribution >= 4 is 28.6 Å². The second-order valence-electron chi connectivity index (χ2n) is 5.88. The fourth-order valence-electron chi connectivity index (χ4n) is 2.18. The number of thiazole rings is 1. The highest BCUT2D eigenvalue weighted by atomic mass is 32.1. The van der Waals surface area contributed by atoms with E-state index in [2.05, 4.69) is 58.9 Å². The lowest BCUT2D eigenvalue weighted by Gasteiger charge is -2.25. The predicted octanol–water partition coefficient (Wildman–Crippen LogP) is 3.46. The Morgan fingerprint density at radius 1 is 1.32 bits per heavy atom. The van der Waals surface area contributed by atoms with Crippen LogP contribution in [0.25, 0.3) is 0 Å². The van der Waals surface area contributed by atoms with Crippen molar-refractivity contribution in [2.45, 2.75) is 39.7 Å².